The van der Waals surface area contributed by atoms with Gasteiger partial charge in [-0.2, -0.15) is 0 Å². The van der Waals surface area contributed by atoms with E-state index >= 15 is 0 Å². The molecule has 1 aliphatic rings. The van der Waals surface area contributed by atoms with Crippen molar-refractivity contribution in [2.45, 2.75) is 39.5 Å². The van der Waals surface area contributed by atoms with Crippen molar-refractivity contribution in [2.75, 3.05) is 36.9 Å². The SMILES string of the molecule is CCc1nc(NN)c(C)c(NCCN2CCCCC2)n1. The first kappa shape index (κ1) is 15.0. The van der Waals surface area contributed by atoms with Crippen LogP contribution in [0.25, 0.3) is 0 Å². The minimum Gasteiger partial charge on any atom is -0.368 e. The third-order valence-corrected chi connectivity index (χ3v) is 3.81. The Morgan fingerprint density at radius 2 is 1.85 bits per heavy atom. The number of hydrogen-bond donors (Lipinski definition) is 3. The molecule has 1 aliphatic heterocycles. The number of aromatic nitrogens is 2. The van der Waals surface area contributed by atoms with Gasteiger partial charge in [0.1, 0.15) is 17.5 Å². The summed E-state index contributed by atoms with van der Waals surface area (Å²) in [5.74, 6) is 7.92. The van der Waals surface area contributed by atoms with E-state index in [9.17, 15) is 0 Å². The van der Waals surface area contributed by atoms with Gasteiger partial charge < -0.3 is 15.6 Å². The Kier molecular flexibility index (Phi) is 5.55. The average Bonchev–Trinajstić information content (AvgIpc) is 2.50. The molecule has 1 aromatic heterocycles. The molecule has 0 unspecified atom stereocenters. The number of nitrogen functional groups attached to an aromatic ring is 1. The number of aryl methyl sites for hydroxylation is 1. The highest BCUT2D eigenvalue weighted by molar-refractivity contribution is 5.56. The van der Waals surface area contributed by atoms with Crippen LogP contribution in [0.15, 0.2) is 0 Å². The third kappa shape index (κ3) is 3.80. The van der Waals surface area contributed by atoms with Crippen molar-refractivity contribution in [2.24, 2.45) is 5.84 Å². The second-order valence-electron chi connectivity index (χ2n) is 5.29. The van der Waals surface area contributed by atoms with Gasteiger partial charge in [-0.3, -0.25) is 0 Å². The summed E-state index contributed by atoms with van der Waals surface area (Å²) < 4.78 is 0. The summed E-state index contributed by atoms with van der Waals surface area (Å²) in [6.45, 7) is 8.45. The van der Waals surface area contributed by atoms with Crippen molar-refractivity contribution in [3.63, 3.8) is 0 Å². The van der Waals surface area contributed by atoms with Crippen molar-refractivity contribution in [3.05, 3.63) is 11.4 Å². The first-order valence-electron chi connectivity index (χ1n) is 7.55. The zero-order valence-electron chi connectivity index (χ0n) is 12.6. The lowest BCUT2D eigenvalue weighted by molar-refractivity contribution is 0.237. The summed E-state index contributed by atoms with van der Waals surface area (Å²) in [6.07, 6.45) is 4.83. The molecule has 0 amide bonds. The number of rotatable bonds is 6. The summed E-state index contributed by atoms with van der Waals surface area (Å²) in [5, 5.41) is 3.42. The second-order valence-corrected chi connectivity index (χ2v) is 5.29. The smallest absolute Gasteiger partial charge is 0.148 e. The Balaban J connectivity index is 1.94. The minimum atomic E-state index is 0.706. The molecule has 0 aromatic carbocycles. The fourth-order valence-corrected chi connectivity index (χ4v) is 2.55. The van der Waals surface area contributed by atoms with Gasteiger partial charge in [-0.15, -0.1) is 0 Å². The van der Waals surface area contributed by atoms with E-state index in [1.807, 2.05) is 13.8 Å². The fourth-order valence-electron chi connectivity index (χ4n) is 2.55. The van der Waals surface area contributed by atoms with Gasteiger partial charge in [0.05, 0.1) is 0 Å². The Labute approximate surface area is 121 Å². The monoisotopic (exact) mass is 278 g/mol. The molecule has 2 heterocycles. The van der Waals surface area contributed by atoms with Gasteiger partial charge in [0.25, 0.3) is 0 Å². The van der Waals surface area contributed by atoms with Gasteiger partial charge in [0.2, 0.25) is 0 Å². The van der Waals surface area contributed by atoms with Crippen molar-refractivity contribution in [1.29, 1.82) is 0 Å². The highest BCUT2D eigenvalue weighted by Crippen LogP contribution is 2.19. The number of hydrazine groups is 1. The van der Waals surface area contributed by atoms with Crippen molar-refractivity contribution < 1.29 is 0 Å². The van der Waals surface area contributed by atoms with Crippen LogP contribution < -0.4 is 16.6 Å². The maximum Gasteiger partial charge on any atom is 0.148 e. The lowest BCUT2D eigenvalue weighted by atomic mass is 10.1. The van der Waals surface area contributed by atoms with Crippen molar-refractivity contribution >= 4 is 11.6 Å². The van der Waals surface area contributed by atoms with Crippen LogP contribution >= 0.6 is 0 Å². The molecular formula is C14H26N6. The number of nitrogens with two attached hydrogens (primary N) is 1. The van der Waals surface area contributed by atoms with Gasteiger partial charge in [0, 0.05) is 25.1 Å². The van der Waals surface area contributed by atoms with Crippen LogP contribution in [-0.2, 0) is 6.42 Å². The molecule has 2 rings (SSSR count). The van der Waals surface area contributed by atoms with Crippen LogP contribution in [0.2, 0.25) is 0 Å². The van der Waals surface area contributed by atoms with E-state index in [2.05, 4.69) is 25.6 Å². The molecule has 0 saturated carbocycles. The summed E-state index contributed by atoms with van der Waals surface area (Å²) >= 11 is 0. The maximum absolute atomic E-state index is 5.51. The molecule has 1 saturated heterocycles. The van der Waals surface area contributed by atoms with E-state index in [0.29, 0.717) is 5.82 Å². The van der Waals surface area contributed by atoms with Gasteiger partial charge in [-0.05, 0) is 32.9 Å². The molecule has 0 aliphatic carbocycles. The number of piperidine rings is 1. The molecule has 0 bridgehead atoms. The molecule has 1 fully saturated rings. The Hall–Kier alpha value is -1.40. The van der Waals surface area contributed by atoms with E-state index in [1.54, 1.807) is 0 Å². The number of nitrogens with one attached hydrogen (secondary N) is 2. The lowest BCUT2D eigenvalue weighted by Gasteiger charge is -2.26. The largest absolute Gasteiger partial charge is 0.368 e. The normalized spacial score (nSPS) is 16.1. The molecule has 6 nitrogen and oxygen atoms in total. The Morgan fingerprint density at radius 3 is 2.50 bits per heavy atom. The Morgan fingerprint density at radius 1 is 1.15 bits per heavy atom. The van der Waals surface area contributed by atoms with E-state index in [-0.39, 0.29) is 0 Å². The van der Waals surface area contributed by atoms with Crippen LogP contribution in [-0.4, -0.2) is 41.0 Å². The molecule has 0 atom stereocenters. The van der Waals surface area contributed by atoms with Gasteiger partial charge >= 0.3 is 0 Å². The highest BCUT2D eigenvalue weighted by atomic mass is 15.3. The fraction of sp³-hybridized carbons (Fsp3) is 0.714. The molecule has 112 valence electrons. The summed E-state index contributed by atoms with van der Waals surface area (Å²) in [5.41, 5.74) is 3.62. The van der Waals surface area contributed by atoms with Crippen LogP contribution in [0.5, 0.6) is 0 Å². The molecule has 1 aromatic rings. The summed E-state index contributed by atoms with van der Waals surface area (Å²) in [4.78, 5) is 11.4. The van der Waals surface area contributed by atoms with Gasteiger partial charge in [-0.1, -0.05) is 13.3 Å². The molecule has 6 heteroatoms. The molecular weight excluding hydrogens is 252 g/mol. The van der Waals surface area contributed by atoms with Crippen LogP contribution in [0.1, 0.15) is 37.6 Å². The number of hydrogen-bond acceptors (Lipinski definition) is 6. The highest BCUT2D eigenvalue weighted by Gasteiger charge is 2.11. The molecule has 20 heavy (non-hydrogen) atoms. The summed E-state index contributed by atoms with van der Waals surface area (Å²) in [6, 6.07) is 0. The minimum absolute atomic E-state index is 0.706. The van der Waals surface area contributed by atoms with E-state index in [4.69, 9.17) is 5.84 Å². The summed E-state index contributed by atoms with van der Waals surface area (Å²) in [7, 11) is 0. The standard InChI is InChI=1S/C14H26N6/c1-3-12-17-13(11(2)14(18-12)19-15)16-7-10-20-8-5-4-6-9-20/h3-10,15H2,1-2H3,(H2,16,17,18,19). The number of anilines is 2. The third-order valence-electron chi connectivity index (χ3n) is 3.81. The van der Waals surface area contributed by atoms with Crippen LogP contribution in [0.4, 0.5) is 11.6 Å². The van der Waals surface area contributed by atoms with E-state index < -0.39 is 0 Å². The number of likely N-dealkylation sites (tertiary alicyclic amines) is 1. The second kappa shape index (κ2) is 7.40. The predicted octanol–water partition coefficient (Wildman–Crippen LogP) is 1.53. The average molecular weight is 278 g/mol. The maximum atomic E-state index is 5.51. The van der Waals surface area contributed by atoms with Crippen LogP contribution in [0.3, 0.4) is 0 Å². The topological polar surface area (TPSA) is 79.1 Å². The zero-order chi connectivity index (χ0) is 14.4. The number of nitrogens with zero attached hydrogens (tertiary/aromatic N) is 3. The van der Waals surface area contributed by atoms with Crippen LogP contribution in [0, 0.1) is 6.92 Å². The lowest BCUT2D eigenvalue weighted by Crippen LogP contribution is -2.34. The first-order valence-corrected chi connectivity index (χ1v) is 7.55. The zero-order valence-corrected chi connectivity index (χ0v) is 12.6. The molecule has 0 spiro atoms. The molecule has 0 radical (unpaired) electrons. The quantitative estimate of drug-likeness (QED) is 0.541. The van der Waals surface area contributed by atoms with Gasteiger partial charge in [0.15, 0.2) is 0 Å². The van der Waals surface area contributed by atoms with Crippen molar-refractivity contribution in [3.8, 4) is 0 Å². The Bertz CT molecular complexity index is 428. The first-order chi connectivity index (χ1) is 9.74. The van der Waals surface area contributed by atoms with E-state index in [0.717, 1.165) is 36.7 Å². The predicted molar refractivity (Wildman–Crippen MR) is 82.7 cm³/mol. The van der Waals surface area contributed by atoms with Gasteiger partial charge in [-0.25, -0.2) is 15.8 Å². The van der Waals surface area contributed by atoms with Crippen molar-refractivity contribution in [1.82, 2.24) is 14.9 Å². The molecule has 4 N–H and O–H groups in total. The van der Waals surface area contributed by atoms with E-state index in [1.165, 1.54) is 32.4 Å².